The predicted octanol–water partition coefficient (Wildman–Crippen LogP) is -0.190. The van der Waals surface area contributed by atoms with Crippen molar-refractivity contribution in [2.45, 2.75) is 25.3 Å². The number of urea groups is 2. The van der Waals surface area contributed by atoms with Gasteiger partial charge in [-0.15, -0.1) is 0 Å². The second-order valence-electron chi connectivity index (χ2n) is 5.01. The number of aliphatic carboxylic acids is 1. The van der Waals surface area contributed by atoms with E-state index in [-0.39, 0.29) is 18.6 Å². The maximum absolute atomic E-state index is 11.6. The van der Waals surface area contributed by atoms with Gasteiger partial charge in [0.15, 0.2) is 0 Å². The van der Waals surface area contributed by atoms with Crippen LogP contribution in [0.15, 0.2) is 0 Å². The first-order valence-corrected chi connectivity index (χ1v) is 6.64. The molecule has 1 aliphatic carbocycles. The normalized spacial score (nSPS) is 21.1. The molecule has 0 bridgehead atoms. The first-order valence-electron chi connectivity index (χ1n) is 6.64. The van der Waals surface area contributed by atoms with E-state index in [0.717, 1.165) is 6.42 Å². The third-order valence-corrected chi connectivity index (χ3v) is 3.24. The highest BCUT2D eigenvalue weighted by Gasteiger charge is 2.33. The summed E-state index contributed by atoms with van der Waals surface area (Å²) in [6.07, 6.45) is 2.09. The number of amides is 4. The third kappa shape index (κ3) is 4.94. The molecule has 1 saturated carbocycles. The fraction of sp³-hybridized carbons (Fsp3) is 0.750. The van der Waals surface area contributed by atoms with Crippen molar-refractivity contribution in [2.75, 3.05) is 27.2 Å². The summed E-state index contributed by atoms with van der Waals surface area (Å²) in [7, 11) is 3.25. The van der Waals surface area contributed by atoms with Gasteiger partial charge >= 0.3 is 18.0 Å². The summed E-state index contributed by atoms with van der Waals surface area (Å²) in [5, 5.41) is 16.9. The van der Waals surface area contributed by atoms with E-state index in [0.29, 0.717) is 19.4 Å². The molecule has 0 aromatic heterocycles. The summed E-state index contributed by atoms with van der Waals surface area (Å²) < 4.78 is 0. The van der Waals surface area contributed by atoms with Crippen LogP contribution in [0, 0.1) is 5.92 Å². The van der Waals surface area contributed by atoms with Crippen LogP contribution in [0.1, 0.15) is 19.3 Å². The van der Waals surface area contributed by atoms with Crippen molar-refractivity contribution in [1.29, 1.82) is 0 Å². The highest BCUT2D eigenvalue weighted by Crippen LogP contribution is 2.25. The molecule has 114 valence electrons. The average Bonchev–Trinajstić information content (AvgIpc) is 2.82. The molecule has 2 unspecified atom stereocenters. The Morgan fingerprint density at radius 1 is 1.15 bits per heavy atom. The SMILES string of the molecule is CN(C)C(=O)NCCNC(=O)NC1CCCC1C(=O)O. The van der Waals surface area contributed by atoms with Crippen molar-refractivity contribution in [3.63, 3.8) is 0 Å². The van der Waals surface area contributed by atoms with Crippen LogP contribution in [0.2, 0.25) is 0 Å². The Morgan fingerprint density at radius 3 is 2.40 bits per heavy atom. The minimum absolute atomic E-state index is 0.228. The number of carbonyl (C=O) groups excluding carboxylic acids is 2. The Labute approximate surface area is 117 Å². The molecule has 8 heteroatoms. The zero-order valence-corrected chi connectivity index (χ0v) is 11.8. The number of carboxylic acid groups (broad SMARTS) is 1. The Balaban J connectivity index is 2.20. The largest absolute Gasteiger partial charge is 0.481 e. The number of hydrogen-bond acceptors (Lipinski definition) is 3. The maximum Gasteiger partial charge on any atom is 0.316 e. The number of nitrogens with one attached hydrogen (secondary N) is 3. The minimum Gasteiger partial charge on any atom is -0.481 e. The molecule has 1 rings (SSSR count). The fourth-order valence-corrected chi connectivity index (χ4v) is 2.15. The number of nitrogens with zero attached hydrogens (tertiary/aromatic N) is 1. The van der Waals surface area contributed by atoms with Gasteiger partial charge in [0.05, 0.1) is 5.92 Å². The van der Waals surface area contributed by atoms with Crippen molar-refractivity contribution < 1.29 is 19.5 Å². The van der Waals surface area contributed by atoms with Crippen molar-refractivity contribution in [1.82, 2.24) is 20.9 Å². The molecule has 0 radical (unpaired) electrons. The van der Waals surface area contributed by atoms with Crippen LogP contribution in [-0.4, -0.2) is 61.3 Å². The summed E-state index contributed by atoms with van der Waals surface area (Å²) >= 11 is 0. The lowest BCUT2D eigenvalue weighted by Gasteiger charge is -2.18. The van der Waals surface area contributed by atoms with Crippen LogP contribution >= 0.6 is 0 Å². The zero-order valence-electron chi connectivity index (χ0n) is 11.8. The molecule has 1 aliphatic rings. The lowest BCUT2D eigenvalue weighted by atomic mass is 10.0. The van der Waals surface area contributed by atoms with Crippen LogP contribution in [0.25, 0.3) is 0 Å². The lowest BCUT2D eigenvalue weighted by molar-refractivity contribution is -0.142. The lowest BCUT2D eigenvalue weighted by Crippen LogP contribution is -2.47. The van der Waals surface area contributed by atoms with E-state index in [9.17, 15) is 14.4 Å². The Morgan fingerprint density at radius 2 is 1.80 bits per heavy atom. The van der Waals surface area contributed by atoms with Gasteiger partial charge in [0.2, 0.25) is 0 Å². The summed E-state index contributed by atoms with van der Waals surface area (Å²) in [6, 6.07) is -0.944. The van der Waals surface area contributed by atoms with Gasteiger partial charge in [-0.2, -0.15) is 0 Å². The van der Waals surface area contributed by atoms with Crippen LogP contribution in [0.5, 0.6) is 0 Å². The Bertz CT molecular complexity index is 372. The molecule has 0 aliphatic heterocycles. The Kier molecular flexibility index (Phi) is 6.08. The van der Waals surface area contributed by atoms with Crippen molar-refractivity contribution in [2.24, 2.45) is 5.92 Å². The molecule has 0 saturated heterocycles. The van der Waals surface area contributed by atoms with Gasteiger partial charge < -0.3 is 26.0 Å². The van der Waals surface area contributed by atoms with E-state index in [2.05, 4.69) is 16.0 Å². The van der Waals surface area contributed by atoms with Gasteiger partial charge in [0.1, 0.15) is 0 Å². The van der Waals surface area contributed by atoms with Crippen LogP contribution in [0.4, 0.5) is 9.59 Å². The summed E-state index contributed by atoms with van der Waals surface area (Å²) in [4.78, 5) is 35.2. The molecular formula is C12H22N4O4. The molecule has 0 aromatic rings. The van der Waals surface area contributed by atoms with E-state index in [1.165, 1.54) is 4.90 Å². The highest BCUT2D eigenvalue weighted by molar-refractivity contribution is 5.77. The molecular weight excluding hydrogens is 264 g/mol. The second-order valence-corrected chi connectivity index (χ2v) is 5.01. The van der Waals surface area contributed by atoms with E-state index < -0.39 is 17.9 Å². The van der Waals surface area contributed by atoms with Gasteiger partial charge in [-0.1, -0.05) is 6.42 Å². The first kappa shape index (κ1) is 16.1. The van der Waals surface area contributed by atoms with Crippen molar-refractivity contribution in [3.8, 4) is 0 Å². The van der Waals surface area contributed by atoms with Gasteiger partial charge in [-0.3, -0.25) is 4.79 Å². The summed E-state index contributed by atoms with van der Waals surface area (Å²) in [5.74, 6) is -1.37. The van der Waals surface area contributed by atoms with E-state index in [1.54, 1.807) is 14.1 Å². The molecule has 8 nitrogen and oxygen atoms in total. The smallest absolute Gasteiger partial charge is 0.316 e. The highest BCUT2D eigenvalue weighted by atomic mass is 16.4. The average molecular weight is 286 g/mol. The third-order valence-electron chi connectivity index (χ3n) is 3.24. The van der Waals surface area contributed by atoms with Crippen LogP contribution < -0.4 is 16.0 Å². The van der Waals surface area contributed by atoms with Crippen LogP contribution in [-0.2, 0) is 4.79 Å². The predicted molar refractivity (Wildman–Crippen MR) is 72.4 cm³/mol. The molecule has 0 aromatic carbocycles. The number of rotatable bonds is 5. The number of hydrogen-bond donors (Lipinski definition) is 4. The van der Waals surface area contributed by atoms with Crippen LogP contribution in [0.3, 0.4) is 0 Å². The molecule has 4 N–H and O–H groups in total. The van der Waals surface area contributed by atoms with Crippen molar-refractivity contribution in [3.05, 3.63) is 0 Å². The zero-order chi connectivity index (χ0) is 15.1. The van der Waals surface area contributed by atoms with Gasteiger partial charge in [0, 0.05) is 33.2 Å². The summed E-state index contributed by atoms with van der Waals surface area (Å²) in [6.45, 7) is 0.604. The Hall–Kier alpha value is -1.99. The van der Waals surface area contributed by atoms with Gasteiger partial charge in [-0.05, 0) is 12.8 Å². The second kappa shape index (κ2) is 7.56. The monoisotopic (exact) mass is 286 g/mol. The molecule has 2 atom stereocenters. The molecule has 0 spiro atoms. The quantitative estimate of drug-likeness (QED) is 0.525. The van der Waals surface area contributed by atoms with Gasteiger partial charge in [-0.25, -0.2) is 9.59 Å². The topological polar surface area (TPSA) is 111 Å². The maximum atomic E-state index is 11.6. The van der Waals surface area contributed by atoms with E-state index in [1.807, 2.05) is 0 Å². The molecule has 4 amide bonds. The van der Waals surface area contributed by atoms with E-state index >= 15 is 0 Å². The minimum atomic E-state index is -0.869. The fourth-order valence-electron chi connectivity index (χ4n) is 2.15. The van der Waals surface area contributed by atoms with E-state index in [4.69, 9.17) is 5.11 Å². The standard InChI is InChI=1S/C12H22N4O4/c1-16(2)12(20)14-7-6-13-11(19)15-9-5-3-4-8(9)10(17)18/h8-9H,3-7H2,1-2H3,(H,14,20)(H,17,18)(H2,13,15,19). The molecule has 20 heavy (non-hydrogen) atoms. The number of carboxylic acids is 1. The first-order chi connectivity index (χ1) is 9.41. The number of carbonyl (C=O) groups is 3. The summed E-state index contributed by atoms with van der Waals surface area (Å²) in [5.41, 5.74) is 0. The van der Waals surface area contributed by atoms with Crippen molar-refractivity contribution >= 4 is 18.0 Å². The molecule has 0 heterocycles. The van der Waals surface area contributed by atoms with Gasteiger partial charge in [0.25, 0.3) is 0 Å². The molecule has 1 fully saturated rings.